The van der Waals surface area contributed by atoms with Crippen LogP contribution in [-0.4, -0.2) is 47.6 Å². The van der Waals surface area contributed by atoms with E-state index in [0.717, 1.165) is 19.3 Å². The zero-order chi connectivity index (χ0) is 22.1. The van der Waals surface area contributed by atoms with Gasteiger partial charge in [0.25, 0.3) is 11.8 Å². The van der Waals surface area contributed by atoms with Crippen molar-refractivity contribution in [2.45, 2.75) is 25.7 Å². The Kier molecular flexibility index (Phi) is 5.95. The molecule has 9 nitrogen and oxygen atoms in total. The molecule has 1 aromatic rings. The largest absolute Gasteiger partial charge is 0.455 e. The number of carbonyl (C=O) groups is 5. The summed E-state index contributed by atoms with van der Waals surface area (Å²) in [5.41, 5.74) is 4.48. The van der Waals surface area contributed by atoms with E-state index in [0.29, 0.717) is 0 Å². The van der Waals surface area contributed by atoms with Crippen molar-refractivity contribution in [3.05, 3.63) is 34.9 Å². The number of nitrogens with one attached hydrogen (secondary N) is 2. The van der Waals surface area contributed by atoms with Gasteiger partial charge in [-0.1, -0.05) is 23.7 Å². The van der Waals surface area contributed by atoms with Crippen LogP contribution in [0.3, 0.4) is 0 Å². The fourth-order valence-electron chi connectivity index (χ4n) is 4.99. The maximum atomic E-state index is 12.6. The first-order valence-corrected chi connectivity index (χ1v) is 10.6. The number of imide groups is 1. The van der Waals surface area contributed by atoms with Crippen molar-refractivity contribution in [3.8, 4) is 0 Å². The zero-order valence-corrected chi connectivity index (χ0v) is 17.4. The lowest BCUT2D eigenvalue weighted by atomic mass is 9.81. The molecule has 4 amide bonds. The Morgan fingerprint density at radius 3 is 2.32 bits per heavy atom. The summed E-state index contributed by atoms with van der Waals surface area (Å²) in [5.74, 6) is -2.33. The number of rotatable bonds is 6. The van der Waals surface area contributed by atoms with Crippen molar-refractivity contribution in [2.24, 2.45) is 23.7 Å². The van der Waals surface area contributed by atoms with Gasteiger partial charge >= 0.3 is 5.97 Å². The fourth-order valence-corrected chi connectivity index (χ4v) is 5.21. The van der Waals surface area contributed by atoms with E-state index in [1.54, 1.807) is 12.1 Å². The molecule has 3 fully saturated rings. The van der Waals surface area contributed by atoms with E-state index in [1.807, 2.05) is 0 Å². The number of carbonyl (C=O) groups excluding carboxylic acids is 5. The van der Waals surface area contributed by atoms with Crippen LogP contribution < -0.4 is 10.9 Å². The summed E-state index contributed by atoms with van der Waals surface area (Å²) in [5, 5.41) is 0.226. The van der Waals surface area contributed by atoms with Gasteiger partial charge in [-0.25, -0.2) is 0 Å². The highest BCUT2D eigenvalue weighted by atomic mass is 35.5. The minimum Gasteiger partial charge on any atom is -0.455 e. The van der Waals surface area contributed by atoms with Crippen molar-refractivity contribution >= 4 is 41.2 Å². The van der Waals surface area contributed by atoms with E-state index in [2.05, 4.69) is 10.9 Å². The highest BCUT2D eigenvalue weighted by Gasteiger charge is 2.60. The Morgan fingerprint density at radius 1 is 1.03 bits per heavy atom. The number of benzene rings is 1. The van der Waals surface area contributed by atoms with Crippen molar-refractivity contribution < 1.29 is 28.7 Å². The molecule has 4 rings (SSSR count). The number of fused-ring (bicyclic) bond motifs is 5. The van der Waals surface area contributed by atoms with Gasteiger partial charge < -0.3 is 4.74 Å². The van der Waals surface area contributed by atoms with Crippen molar-refractivity contribution in [1.82, 2.24) is 15.8 Å². The second-order valence-corrected chi connectivity index (χ2v) is 8.51. The summed E-state index contributed by atoms with van der Waals surface area (Å²) in [6.07, 6.45) is 2.74. The predicted molar refractivity (Wildman–Crippen MR) is 107 cm³/mol. The molecule has 1 aliphatic heterocycles. The first kappa shape index (κ1) is 21.3. The molecule has 10 heteroatoms. The van der Waals surface area contributed by atoms with Gasteiger partial charge in [-0.3, -0.25) is 39.7 Å². The predicted octanol–water partition coefficient (Wildman–Crippen LogP) is 1.07. The molecule has 0 radical (unpaired) electrons. The van der Waals surface area contributed by atoms with Crippen LogP contribution in [0.25, 0.3) is 0 Å². The monoisotopic (exact) mass is 447 g/mol. The quantitative estimate of drug-likeness (QED) is 0.382. The van der Waals surface area contributed by atoms with Gasteiger partial charge in [-0.15, -0.1) is 0 Å². The van der Waals surface area contributed by atoms with Crippen LogP contribution >= 0.6 is 11.6 Å². The zero-order valence-electron chi connectivity index (χ0n) is 16.6. The molecule has 31 heavy (non-hydrogen) atoms. The van der Waals surface area contributed by atoms with E-state index in [9.17, 15) is 24.0 Å². The molecule has 1 heterocycles. The lowest BCUT2D eigenvalue weighted by Gasteiger charge is -2.19. The van der Waals surface area contributed by atoms with Gasteiger partial charge in [0.15, 0.2) is 6.61 Å². The van der Waals surface area contributed by atoms with Crippen LogP contribution in [0.1, 0.15) is 36.0 Å². The summed E-state index contributed by atoms with van der Waals surface area (Å²) in [7, 11) is 0. The van der Waals surface area contributed by atoms with Crippen molar-refractivity contribution in [3.63, 3.8) is 0 Å². The molecular weight excluding hydrogens is 426 g/mol. The topological polar surface area (TPSA) is 122 Å². The normalized spacial score (nSPS) is 26.0. The van der Waals surface area contributed by atoms with Crippen LogP contribution in [0.5, 0.6) is 0 Å². The van der Waals surface area contributed by atoms with E-state index in [4.69, 9.17) is 16.3 Å². The number of esters is 1. The molecule has 2 aliphatic carbocycles. The van der Waals surface area contributed by atoms with E-state index in [-0.39, 0.29) is 59.0 Å². The molecule has 3 aliphatic rings. The molecule has 4 atom stereocenters. The number of hydrogen-bond acceptors (Lipinski definition) is 6. The third kappa shape index (κ3) is 4.14. The minimum absolute atomic E-state index is 0.0478. The van der Waals surface area contributed by atoms with Gasteiger partial charge in [0.1, 0.15) is 0 Å². The third-order valence-electron chi connectivity index (χ3n) is 6.36. The number of ether oxygens (including phenoxy) is 1. The number of hydrogen-bond donors (Lipinski definition) is 2. The molecule has 2 N–H and O–H groups in total. The Morgan fingerprint density at radius 2 is 1.68 bits per heavy atom. The number of nitrogens with zero attached hydrogens (tertiary/aromatic N) is 1. The molecule has 0 spiro atoms. The maximum absolute atomic E-state index is 12.6. The molecule has 0 unspecified atom stereocenters. The van der Waals surface area contributed by atoms with Gasteiger partial charge in [0.05, 0.1) is 28.8 Å². The van der Waals surface area contributed by atoms with Crippen LogP contribution in [0.2, 0.25) is 5.02 Å². The van der Waals surface area contributed by atoms with Crippen molar-refractivity contribution in [2.75, 3.05) is 13.2 Å². The Hall–Kier alpha value is -2.94. The average Bonchev–Trinajstić information content (AvgIpc) is 3.43. The summed E-state index contributed by atoms with van der Waals surface area (Å²) in [4.78, 5) is 62.1. The SMILES string of the molecule is O=C(COC(=O)CCN1C(=O)[C@H]2[C@H]3CC[C@@H](C3)[C@@H]2C1=O)NNC(=O)c1ccccc1Cl. The smallest absolute Gasteiger partial charge is 0.308 e. The van der Waals surface area contributed by atoms with Gasteiger partial charge in [0, 0.05) is 6.54 Å². The minimum atomic E-state index is -0.742. The highest BCUT2D eigenvalue weighted by Crippen LogP contribution is 2.56. The second kappa shape index (κ2) is 8.66. The van der Waals surface area contributed by atoms with Crippen LogP contribution in [-0.2, 0) is 23.9 Å². The Balaban J connectivity index is 1.18. The maximum Gasteiger partial charge on any atom is 0.308 e. The summed E-state index contributed by atoms with van der Waals surface area (Å²) in [6, 6.07) is 6.31. The summed E-state index contributed by atoms with van der Waals surface area (Å²) in [6.45, 7) is -0.660. The van der Waals surface area contributed by atoms with Gasteiger partial charge in [-0.05, 0) is 43.2 Å². The van der Waals surface area contributed by atoms with E-state index >= 15 is 0 Å². The standard InChI is InChI=1S/C21H22ClN3O6/c22-14-4-2-1-3-13(14)19(28)24-23-15(26)10-31-16(27)7-8-25-20(29)17-11-5-6-12(9-11)18(17)21(25)30/h1-4,11-12,17-18H,5-10H2,(H,23,26)(H,24,28)/t11-,12-,17-,18-/m0/s1. The summed E-state index contributed by atoms with van der Waals surface area (Å²) < 4.78 is 4.87. The van der Waals surface area contributed by atoms with E-state index in [1.165, 1.54) is 17.0 Å². The molecule has 1 saturated heterocycles. The lowest BCUT2D eigenvalue weighted by molar-refractivity contribution is -0.150. The molecule has 2 bridgehead atoms. The van der Waals surface area contributed by atoms with Crippen molar-refractivity contribution in [1.29, 1.82) is 0 Å². The fraction of sp³-hybridized carbons (Fsp3) is 0.476. The Labute approximate surface area is 183 Å². The first-order valence-electron chi connectivity index (χ1n) is 10.2. The summed E-state index contributed by atoms with van der Waals surface area (Å²) >= 11 is 5.90. The average molecular weight is 448 g/mol. The second-order valence-electron chi connectivity index (χ2n) is 8.11. The van der Waals surface area contributed by atoms with Crippen LogP contribution in [0.15, 0.2) is 24.3 Å². The van der Waals surface area contributed by atoms with Crippen LogP contribution in [0.4, 0.5) is 0 Å². The molecule has 2 saturated carbocycles. The number of halogens is 1. The lowest BCUT2D eigenvalue weighted by Crippen LogP contribution is -2.43. The van der Waals surface area contributed by atoms with Gasteiger partial charge in [-0.2, -0.15) is 0 Å². The number of likely N-dealkylation sites (tertiary alicyclic amines) is 1. The Bertz CT molecular complexity index is 923. The molecule has 0 aromatic heterocycles. The first-order chi connectivity index (χ1) is 14.9. The molecule has 1 aromatic carbocycles. The number of hydrazine groups is 1. The van der Waals surface area contributed by atoms with Crippen LogP contribution in [0, 0.1) is 23.7 Å². The van der Waals surface area contributed by atoms with Gasteiger partial charge in [0.2, 0.25) is 11.8 Å². The molecular formula is C21H22ClN3O6. The van der Waals surface area contributed by atoms with E-state index < -0.39 is 24.4 Å². The molecule has 164 valence electrons. The highest BCUT2D eigenvalue weighted by molar-refractivity contribution is 6.33. The number of amides is 4. The third-order valence-corrected chi connectivity index (χ3v) is 6.69.